The maximum absolute atomic E-state index is 13.1. The van der Waals surface area contributed by atoms with Gasteiger partial charge in [0.05, 0.1) is 24.3 Å². The van der Waals surface area contributed by atoms with E-state index in [1.807, 2.05) is 0 Å². The number of benzene rings is 1. The Morgan fingerprint density at radius 2 is 1.75 bits per heavy atom. The van der Waals surface area contributed by atoms with Crippen LogP contribution in [0, 0.1) is 0 Å². The van der Waals surface area contributed by atoms with Crippen LogP contribution in [0.4, 0.5) is 18.9 Å². The van der Waals surface area contributed by atoms with E-state index in [-0.39, 0.29) is 16.8 Å². The van der Waals surface area contributed by atoms with Crippen LogP contribution in [0.5, 0.6) is 0 Å². The van der Waals surface area contributed by atoms with Crippen LogP contribution in [0.25, 0.3) is 0 Å². The molecule has 1 aliphatic rings. The van der Waals surface area contributed by atoms with Crippen LogP contribution in [0.3, 0.4) is 0 Å². The van der Waals surface area contributed by atoms with Crippen molar-refractivity contribution in [2.45, 2.75) is 51.2 Å². The highest BCUT2D eigenvalue weighted by molar-refractivity contribution is 6.30. The zero-order valence-corrected chi connectivity index (χ0v) is 14.4. The Bertz CT molecular complexity index is 569. The highest BCUT2D eigenvalue weighted by atomic mass is 35.5. The van der Waals surface area contributed by atoms with Gasteiger partial charge in [0.25, 0.3) is 5.91 Å². The van der Waals surface area contributed by atoms with Crippen LogP contribution < -0.4 is 10.2 Å². The molecule has 7 heteroatoms. The molecule has 0 aromatic heterocycles. The SMILES string of the molecule is C[C@H](C(=O)Nc1ccc(Cl)cc1C(F)(F)F)[NH+]1CCCCCCC1. The second-order valence-corrected chi connectivity index (χ2v) is 6.76. The van der Waals surface area contributed by atoms with Gasteiger partial charge in [-0.05, 0) is 50.8 Å². The average Bonchev–Trinajstić information content (AvgIpc) is 2.47. The van der Waals surface area contributed by atoms with Crippen molar-refractivity contribution in [3.05, 3.63) is 28.8 Å². The zero-order chi connectivity index (χ0) is 17.7. The molecule has 1 amide bonds. The van der Waals surface area contributed by atoms with E-state index in [9.17, 15) is 18.0 Å². The lowest BCUT2D eigenvalue weighted by Crippen LogP contribution is -3.16. The summed E-state index contributed by atoms with van der Waals surface area (Å²) in [5, 5.41) is 2.43. The van der Waals surface area contributed by atoms with Crippen LogP contribution in [0.2, 0.25) is 5.02 Å². The molecule has 0 unspecified atom stereocenters. The quantitative estimate of drug-likeness (QED) is 0.846. The number of carbonyl (C=O) groups is 1. The summed E-state index contributed by atoms with van der Waals surface area (Å²) in [7, 11) is 0. The fraction of sp³-hybridized carbons (Fsp3) is 0.588. The second kappa shape index (κ2) is 8.21. The molecule has 0 bridgehead atoms. The molecule has 0 aliphatic carbocycles. The van der Waals surface area contributed by atoms with Gasteiger partial charge in [0.2, 0.25) is 0 Å². The van der Waals surface area contributed by atoms with Gasteiger partial charge in [-0.1, -0.05) is 18.0 Å². The van der Waals surface area contributed by atoms with Crippen molar-refractivity contribution in [1.82, 2.24) is 0 Å². The Morgan fingerprint density at radius 3 is 2.33 bits per heavy atom. The van der Waals surface area contributed by atoms with Crippen LogP contribution in [0.15, 0.2) is 18.2 Å². The van der Waals surface area contributed by atoms with E-state index in [0.717, 1.165) is 49.7 Å². The maximum Gasteiger partial charge on any atom is 0.418 e. The van der Waals surface area contributed by atoms with Crippen LogP contribution in [0.1, 0.15) is 44.6 Å². The number of quaternary nitrogens is 1. The lowest BCUT2D eigenvalue weighted by Gasteiger charge is -2.27. The number of anilines is 1. The Morgan fingerprint density at radius 1 is 1.17 bits per heavy atom. The molecule has 2 rings (SSSR count). The van der Waals surface area contributed by atoms with Gasteiger partial charge >= 0.3 is 6.18 Å². The van der Waals surface area contributed by atoms with E-state index in [2.05, 4.69) is 5.32 Å². The van der Waals surface area contributed by atoms with E-state index < -0.39 is 17.6 Å². The lowest BCUT2D eigenvalue weighted by atomic mass is 10.1. The van der Waals surface area contributed by atoms with Gasteiger partial charge < -0.3 is 10.2 Å². The Hall–Kier alpha value is -1.27. The molecule has 3 nitrogen and oxygen atoms in total. The van der Waals surface area contributed by atoms with Gasteiger partial charge in [-0.25, -0.2) is 0 Å². The molecule has 1 heterocycles. The molecule has 134 valence electrons. The molecule has 1 atom stereocenters. The Balaban J connectivity index is 2.11. The molecule has 24 heavy (non-hydrogen) atoms. The summed E-state index contributed by atoms with van der Waals surface area (Å²) < 4.78 is 39.4. The predicted octanol–water partition coefficient (Wildman–Crippen LogP) is 3.53. The fourth-order valence-electron chi connectivity index (χ4n) is 3.08. The molecule has 0 radical (unpaired) electrons. The normalized spacial score (nSPS) is 18.5. The molecule has 1 aromatic rings. The maximum atomic E-state index is 13.1. The first-order valence-corrected chi connectivity index (χ1v) is 8.69. The van der Waals surface area contributed by atoms with Gasteiger partial charge in [-0.15, -0.1) is 0 Å². The molecule has 2 N–H and O–H groups in total. The Kier molecular flexibility index (Phi) is 6.52. The monoisotopic (exact) mass is 363 g/mol. The summed E-state index contributed by atoms with van der Waals surface area (Å²) in [6.07, 6.45) is 1.03. The van der Waals surface area contributed by atoms with Gasteiger partial charge in [-0.2, -0.15) is 13.2 Å². The number of hydrogen-bond acceptors (Lipinski definition) is 1. The zero-order valence-electron chi connectivity index (χ0n) is 13.7. The summed E-state index contributed by atoms with van der Waals surface area (Å²) in [6.45, 7) is 3.53. The lowest BCUT2D eigenvalue weighted by molar-refractivity contribution is -0.914. The fourth-order valence-corrected chi connectivity index (χ4v) is 3.25. The summed E-state index contributed by atoms with van der Waals surface area (Å²) >= 11 is 5.66. The number of amides is 1. The summed E-state index contributed by atoms with van der Waals surface area (Å²) in [5.41, 5.74) is -1.16. The van der Waals surface area contributed by atoms with E-state index >= 15 is 0 Å². The minimum Gasteiger partial charge on any atom is -0.325 e. The van der Waals surface area contributed by atoms with Crippen molar-refractivity contribution in [2.75, 3.05) is 18.4 Å². The van der Waals surface area contributed by atoms with Gasteiger partial charge in [0.1, 0.15) is 0 Å². The largest absolute Gasteiger partial charge is 0.418 e. The molecular formula is C17H23ClF3N2O+. The number of hydrogen-bond donors (Lipinski definition) is 2. The number of alkyl halides is 3. The van der Waals surface area contributed by atoms with Gasteiger partial charge in [-0.3, -0.25) is 4.79 Å². The van der Waals surface area contributed by atoms with Crippen LogP contribution >= 0.6 is 11.6 Å². The van der Waals surface area contributed by atoms with Crippen molar-refractivity contribution in [3.8, 4) is 0 Å². The second-order valence-electron chi connectivity index (χ2n) is 6.32. The number of halogens is 4. The number of likely N-dealkylation sites (tertiary alicyclic amines) is 1. The van der Waals surface area contributed by atoms with Crippen molar-refractivity contribution in [3.63, 3.8) is 0 Å². The Labute approximate surface area is 145 Å². The summed E-state index contributed by atoms with van der Waals surface area (Å²) in [6, 6.07) is 3.00. The van der Waals surface area contributed by atoms with E-state index in [0.29, 0.717) is 0 Å². The van der Waals surface area contributed by atoms with Crippen molar-refractivity contribution in [2.24, 2.45) is 0 Å². The highest BCUT2D eigenvalue weighted by Gasteiger charge is 2.35. The third-order valence-corrected chi connectivity index (χ3v) is 4.78. The van der Waals surface area contributed by atoms with Crippen LogP contribution in [-0.4, -0.2) is 25.0 Å². The topological polar surface area (TPSA) is 33.5 Å². The molecule has 1 fully saturated rings. The van der Waals surface area contributed by atoms with E-state index in [1.165, 1.54) is 18.6 Å². The van der Waals surface area contributed by atoms with Gasteiger partial charge in [0, 0.05) is 5.02 Å². The molecular weight excluding hydrogens is 341 g/mol. The van der Waals surface area contributed by atoms with Crippen molar-refractivity contribution in [1.29, 1.82) is 0 Å². The number of nitrogens with one attached hydrogen (secondary N) is 2. The summed E-state index contributed by atoms with van der Waals surface area (Å²) in [5.74, 6) is -0.390. The number of rotatable bonds is 3. The first kappa shape index (κ1) is 19.1. The first-order chi connectivity index (χ1) is 11.3. The molecule has 1 saturated heterocycles. The molecule has 1 aliphatic heterocycles. The van der Waals surface area contributed by atoms with Crippen molar-refractivity contribution < 1.29 is 22.9 Å². The average molecular weight is 364 g/mol. The standard InChI is InChI=1S/C17H22ClF3N2O/c1-12(23-9-5-3-2-4-6-10-23)16(24)22-15-8-7-13(18)11-14(15)17(19,20)21/h7-8,11-12H,2-6,9-10H2,1H3,(H,22,24)/p+1/t12-/m1/s1. The third-order valence-electron chi connectivity index (χ3n) is 4.55. The van der Waals surface area contributed by atoms with Gasteiger partial charge in [0.15, 0.2) is 6.04 Å². The molecule has 0 spiro atoms. The minimum atomic E-state index is -4.57. The predicted molar refractivity (Wildman–Crippen MR) is 88.3 cm³/mol. The third kappa shape index (κ3) is 5.11. The first-order valence-electron chi connectivity index (χ1n) is 8.31. The molecule has 1 aromatic carbocycles. The van der Waals surface area contributed by atoms with Crippen LogP contribution in [-0.2, 0) is 11.0 Å². The number of carbonyl (C=O) groups excluding carboxylic acids is 1. The molecule has 0 saturated carbocycles. The van der Waals surface area contributed by atoms with Crippen molar-refractivity contribution >= 4 is 23.2 Å². The smallest absolute Gasteiger partial charge is 0.325 e. The highest BCUT2D eigenvalue weighted by Crippen LogP contribution is 2.36. The summed E-state index contributed by atoms with van der Waals surface area (Å²) in [4.78, 5) is 13.6. The minimum absolute atomic E-state index is 0.0113. The van der Waals surface area contributed by atoms with E-state index in [4.69, 9.17) is 11.6 Å². The van der Waals surface area contributed by atoms with E-state index in [1.54, 1.807) is 6.92 Å².